The number of carbonyl (C=O) groups is 12. The second-order valence-electron chi connectivity index (χ2n) is 30.0. The average Bonchev–Trinajstić information content (AvgIpc) is 1.63. The van der Waals surface area contributed by atoms with Crippen molar-refractivity contribution in [2.45, 2.75) is 159 Å². The lowest BCUT2D eigenvalue weighted by Crippen LogP contribution is -2.55. The molecule has 33 heteroatoms. The molecular weight excluding hydrogens is 1610 g/mol. The van der Waals surface area contributed by atoms with Gasteiger partial charge in [0.1, 0.15) is 41.2 Å². The van der Waals surface area contributed by atoms with Crippen LogP contribution in [0.4, 0.5) is 30.7 Å². The molecule has 120 heavy (non-hydrogen) atoms. The van der Waals surface area contributed by atoms with E-state index in [0.717, 1.165) is 69.8 Å². The Labute approximate surface area is 697 Å². The maximum Gasteiger partial charge on any atom is 0.330 e. The maximum atomic E-state index is 14.7. The van der Waals surface area contributed by atoms with Gasteiger partial charge in [-0.15, -0.1) is 0 Å². The summed E-state index contributed by atoms with van der Waals surface area (Å²) in [6.07, 6.45) is -0.465. The van der Waals surface area contributed by atoms with Crippen LogP contribution < -0.4 is 11.5 Å². The summed E-state index contributed by atoms with van der Waals surface area (Å²) in [5, 5.41) is 0.584. The normalized spacial score (nSPS) is 17.7. The first-order valence-corrected chi connectivity index (χ1v) is 39.4. The lowest BCUT2D eigenvalue weighted by Gasteiger charge is -2.36. The van der Waals surface area contributed by atoms with E-state index in [9.17, 15) is 88.3 Å². The summed E-state index contributed by atoms with van der Waals surface area (Å²) in [5.41, 5.74) is 14.2. The Morgan fingerprint density at radius 3 is 1.05 bits per heavy atom. The molecule has 6 heterocycles. The summed E-state index contributed by atoms with van der Waals surface area (Å²) >= 11 is 11.5. The molecule has 24 nitrogen and oxygen atoms in total. The van der Waals surface area contributed by atoms with Crippen LogP contribution in [0, 0.1) is 11.7 Å². The number of alkyl halides is 6. The monoisotopic (exact) mass is 1700 g/mol. The number of likely N-dealkylation sites (tertiary alicyclic amines) is 3. The van der Waals surface area contributed by atoms with Crippen molar-refractivity contribution in [3.05, 3.63) is 247 Å². The summed E-state index contributed by atoms with van der Waals surface area (Å²) in [6, 6.07) is 25.1. The minimum absolute atomic E-state index is 0.00406. The Morgan fingerprint density at radius 2 is 0.767 bits per heavy atom. The number of rotatable bonds is 33. The number of ether oxygens (including phenoxy) is 3. The molecule has 4 unspecified atom stereocenters. The number of aryl methyl sites for hydroxylation is 3. The van der Waals surface area contributed by atoms with Gasteiger partial charge in [0.2, 0.25) is 35.1 Å². The summed E-state index contributed by atoms with van der Waals surface area (Å²) in [6.45, 7) is 17.5. The highest BCUT2D eigenvalue weighted by molar-refractivity contribution is 6.31. The molecule has 6 aliphatic heterocycles. The number of nitrogens with two attached hydrogens (primary N) is 2. The number of hydrogen-bond donors (Lipinski definition) is 2. The number of ketones is 3. The molecule has 6 aromatic carbocycles. The standard InChI is InChI=1S/C33H38ClF2N3O5.C27H26ClF2N3O5.C27H26F3N3O5/c1-6-37(5)30(20(2)3)21(4)44-19-39-29(41)16-14-27(32(39)43)38-18-23-17-22(7-13-26(23)31(38)42)8-15-28(40)33(35,36)24-9-11-25(34)12-10-24;2*1-16(13-31)38-15-33-24(35)11-9-22(26(33)37)32-14-18-12-17(2-8-21(18)25(32)36)3-10-23(34)27(29,30)19-4-6-20(28)7-5-19/h7,9-13,17,20,27,30H,4,6,8,14-16,18-19H2,1-3,5H3;2*2,4-8,12,22H,1,3,9-11,13-15,31H2. The minimum Gasteiger partial charge on any atom is -0.476 e. The highest BCUT2D eigenvalue weighted by atomic mass is 35.5. The van der Waals surface area contributed by atoms with E-state index in [4.69, 9.17) is 48.9 Å². The number of nitrogens with zero attached hydrogens (tertiary/aromatic N) is 7. The molecule has 0 aromatic heterocycles. The number of halogens is 9. The van der Waals surface area contributed by atoms with Crippen molar-refractivity contribution in [2.24, 2.45) is 17.4 Å². The molecule has 6 aliphatic rings. The molecule has 636 valence electrons. The maximum absolute atomic E-state index is 14.7. The van der Waals surface area contributed by atoms with Crippen LogP contribution in [0.1, 0.15) is 160 Å². The molecule has 4 atom stereocenters. The summed E-state index contributed by atoms with van der Waals surface area (Å²) in [7, 11) is 1.95. The van der Waals surface area contributed by atoms with Gasteiger partial charge in [0.25, 0.3) is 35.4 Å². The van der Waals surface area contributed by atoms with Crippen LogP contribution in [0.25, 0.3) is 0 Å². The van der Waals surface area contributed by atoms with E-state index in [1.54, 1.807) is 54.6 Å². The molecule has 0 spiro atoms. The smallest absolute Gasteiger partial charge is 0.330 e. The molecule has 0 bridgehead atoms. The van der Waals surface area contributed by atoms with Crippen molar-refractivity contribution in [3.63, 3.8) is 0 Å². The quantitative estimate of drug-likeness (QED) is 0.0220. The van der Waals surface area contributed by atoms with Crippen molar-refractivity contribution in [3.8, 4) is 0 Å². The number of fused-ring (bicyclic) bond motifs is 3. The fourth-order valence-corrected chi connectivity index (χ4v) is 15.1. The predicted octanol–water partition coefficient (Wildman–Crippen LogP) is 12.2. The lowest BCUT2D eigenvalue weighted by molar-refractivity contribution is -0.159. The first-order chi connectivity index (χ1) is 56.8. The van der Waals surface area contributed by atoms with Crippen LogP contribution in [-0.4, -0.2) is 176 Å². The van der Waals surface area contributed by atoms with Gasteiger partial charge in [0.05, 0.1) is 19.1 Å². The third-order valence-electron chi connectivity index (χ3n) is 21.7. The molecule has 0 saturated carbocycles. The topological polar surface area (TPSA) is 307 Å². The number of Topliss-reactive ketones (excluding diaryl/α,β-unsaturated/α-hetero) is 3. The Balaban J connectivity index is 0.000000190. The predicted molar refractivity (Wildman–Crippen MR) is 425 cm³/mol. The minimum atomic E-state index is -3.76. The van der Waals surface area contributed by atoms with Gasteiger partial charge in [-0.25, -0.2) is 19.1 Å². The number of imide groups is 3. The van der Waals surface area contributed by atoms with Crippen LogP contribution in [0.15, 0.2) is 164 Å². The number of carbonyl (C=O) groups excluding carboxylic acids is 12. The van der Waals surface area contributed by atoms with Gasteiger partial charge in [-0.2, -0.15) is 26.3 Å². The third-order valence-corrected chi connectivity index (χ3v) is 22.2. The van der Waals surface area contributed by atoms with E-state index >= 15 is 0 Å². The molecular formula is C87H90Cl2F7N9O15. The third kappa shape index (κ3) is 20.6. The second-order valence-corrected chi connectivity index (χ2v) is 30.8. The highest BCUT2D eigenvalue weighted by Gasteiger charge is 2.49. The molecule has 3 fully saturated rings. The van der Waals surface area contributed by atoms with Gasteiger partial charge in [-0.3, -0.25) is 62.4 Å². The Bertz CT molecular complexity index is 4820. The number of amides is 9. The van der Waals surface area contributed by atoms with Crippen molar-refractivity contribution < 1.29 is 102 Å². The molecule has 6 aromatic rings. The Morgan fingerprint density at radius 1 is 0.475 bits per heavy atom. The van der Waals surface area contributed by atoms with Gasteiger partial charge in [0, 0.05) is 102 Å². The lowest BCUT2D eigenvalue weighted by atomic mass is 9.97. The Kier molecular flexibility index (Phi) is 29.5. The van der Waals surface area contributed by atoms with Gasteiger partial charge in [-0.05, 0) is 158 Å². The number of benzene rings is 6. The fraction of sp³-hybridized carbons (Fsp3) is 0.379. The first-order valence-electron chi connectivity index (χ1n) is 38.7. The second kappa shape index (κ2) is 38.9. The van der Waals surface area contributed by atoms with Gasteiger partial charge in [-0.1, -0.05) is 124 Å². The van der Waals surface area contributed by atoms with E-state index in [-0.39, 0.29) is 158 Å². The SMILES string of the molecule is C=C(CN)OCN1C(=O)CCC(N2Cc3cc(CCC(=O)C(F)(F)c4ccc(Cl)cc4)ccc3C2=O)C1=O.C=C(CN)OCN1C(=O)CCC(N2Cc3cc(CCC(=O)C(F)(F)c4ccc(F)cc4)ccc3C2=O)C1=O.C=C(OCN1C(=O)CCC(N2Cc3cc(CCC(=O)C(F)(F)c4ccc(Cl)cc4)ccc3C2=O)C1=O)C(C(C)C)N(C)CC. The molecule has 9 amide bonds. The van der Waals surface area contributed by atoms with E-state index in [0.29, 0.717) is 65.9 Å². The first kappa shape index (κ1) is 91.1. The van der Waals surface area contributed by atoms with E-state index in [1.807, 2.05) is 27.8 Å². The van der Waals surface area contributed by atoms with E-state index in [2.05, 4.69) is 24.6 Å². The number of piperidine rings is 3. The average molecular weight is 1710 g/mol. The summed E-state index contributed by atoms with van der Waals surface area (Å²) in [4.78, 5) is 163. The largest absolute Gasteiger partial charge is 0.476 e. The van der Waals surface area contributed by atoms with Crippen molar-refractivity contribution in [1.29, 1.82) is 0 Å². The fourth-order valence-electron chi connectivity index (χ4n) is 14.8. The van der Waals surface area contributed by atoms with Crippen molar-refractivity contribution in [1.82, 2.24) is 34.3 Å². The van der Waals surface area contributed by atoms with Crippen LogP contribution >= 0.6 is 23.2 Å². The highest BCUT2D eigenvalue weighted by Crippen LogP contribution is 2.39. The van der Waals surface area contributed by atoms with Crippen molar-refractivity contribution >= 4 is 93.7 Å². The molecule has 0 aliphatic carbocycles. The van der Waals surface area contributed by atoms with Crippen molar-refractivity contribution in [2.75, 3.05) is 46.9 Å². The van der Waals surface area contributed by atoms with Crippen LogP contribution in [0.5, 0.6) is 0 Å². The zero-order valence-corrected chi connectivity index (χ0v) is 67.8. The van der Waals surface area contributed by atoms with Gasteiger partial charge < -0.3 is 40.4 Å². The number of likely N-dealkylation sites (N-methyl/N-ethyl adjacent to an activating group) is 1. The molecule has 12 rings (SSSR count). The van der Waals surface area contributed by atoms with E-state index in [1.165, 1.54) is 39.0 Å². The zero-order valence-electron chi connectivity index (χ0n) is 66.3. The van der Waals surface area contributed by atoms with Gasteiger partial charge >= 0.3 is 17.8 Å². The van der Waals surface area contributed by atoms with Crippen LogP contribution in [0.3, 0.4) is 0 Å². The van der Waals surface area contributed by atoms with Crippen LogP contribution in [-0.2, 0) is 114 Å². The summed E-state index contributed by atoms with van der Waals surface area (Å²) in [5.74, 6) is -18.4. The molecule has 4 N–H and O–H groups in total. The molecule has 0 radical (unpaired) electrons. The summed E-state index contributed by atoms with van der Waals surface area (Å²) < 4.78 is 117. The zero-order chi connectivity index (χ0) is 87.6. The van der Waals surface area contributed by atoms with Crippen LogP contribution in [0.2, 0.25) is 10.0 Å². The Hall–Kier alpha value is -11.3. The van der Waals surface area contributed by atoms with E-state index < -0.39 is 125 Å². The number of hydrogen-bond acceptors (Lipinski definition) is 18. The molecule has 3 saturated heterocycles. The van der Waals surface area contributed by atoms with Gasteiger partial charge in [0.15, 0.2) is 20.2 Å².